The van der Waals surface area contributed by atoms with E-state index in [1.165, 1.54) is 10.4 Å². The van der Waals surface area contributed by atoms with Crippen molar-refractivity contribution in [1.82, 2.24) is 14.7 Å². The number of amides is 1. The molecular weight excluding hydrogens is 456 g/mol. The third-order valence-electron chi connectivity index (χ3n) is 7.00. The quantitative estimate of drug-likeness (QED) is 0.615. The molecule has 2 saturated heterocycles. The lowest BCUT2D eigenvalue weighted by Gasteiger charge is -2.39. The Labute approximate surface area is 206 Å². The van der Waals surface area contributed by atoms with Crippen LogP contribution in [0.25, 0.3) is 0 Å². The van der Waals surface area contributed by atoms with Crippen LogP contribution in [0.1, 0.15) is 23.3 Å². The zero-order valence-corrected chi connectivity index (χ0v) is 21.0. The van der Waals surface area contributed by atoms with E-state index in [-0.39, 0.29) is 17.9 Å². The minimum atomic E-state index is -0.385. The molecule has 0 spiro atoms. The molecule has 2 aliphatic heterocycles. The molecule has 0 bridgehead atoms. The predicted molar refractivity (Wildman–Crippen MR) is 135 cm³/mol. The number of likely N-dealkylation sites (tertiary alicyclic amines) is 1. The number of thiophene rings is 1. The number of rotatable bonds is 8. The van der Waals surface area contributed by atoms with E-state index < -0.39 is 0 Å². The van der Waals surface area contributed by atoms with Crippen LogP contribution in [0.2, 0.25) is 4.34 Å². The summed E-state index contributed by atoms with van der Waals surface area (Å²) in [6, 6.07) is 11.8. The summed E-state index contributed by atoms with van der Waals surface area (Å²) in [5.41, 5.74) is 7.66. The van der Waals surface area contributed by atoms with Crippen molar-refractivity contribution in [1.29, 1.82) is 0 Å². The van der Waals surface area contributed by atoms with Crippen molar-refractivity contribution in [3.05, 3.63) is 51.2 Å². The molecule has 2 aromatic rings. The lowest BCUT2D eigenvalue weighted by atomic mass is 9.89. The molecule has 33 heavy (non-hydrogen) atoms. The molecule has 2 fully saturated rings. The van der Waals surface area contributed by atoms with E-state index in [9.17, 15) is 4.79 Å². The third-order valence-corrected chi connectivity index (χ3v) is 8.29. The van der Waals surface area contributed by atoms with Gasteiger partial charge in [0, 0.05) is 49.7 Å². The number of halogens is 1. The molecule has 3 heterocycles. The molecule has 6 nitrogen and oxygen atoms in total. The number of piperidine rings is 1. The first-order valence-corrected chi connectivity index (χ1v) is 13.1. The van der Waals surface area contributed by atoms with Crippen molar-refractivity contribution >= 4 is 28.8 Å². The molecule has 1 aromatic heterocycles. The molecule has 4 rings (SSSR count). The maximum atomic E-state index is 13.1. The lowest BCUT2D eigenvalue weighted by Crippen LogP contribution is -2.55. The van der Waals surface area contributed by atoms with Crippen LogP contribution in [-0.4, -0.2) is 79.6 Å². The Bertz CT molecular complexity index is 907. The second kappa shape index (κ2) is 11.7. The van der Waals surface area contributed by atoms with E-state index in [4.69, 9.17) is 22.1 Å². The number of carbonyl (C=O) groups excluding carboxylic acids is 1. The van der Waals surface area contributed by atoms with Crippen molar-refractivity contribution in [3.8, 4) is 5.75 Å². The molecule has 1 aromatic carbocycles. The average molecular weight is 491 g/mol. The van der Waals surface area contributed by atoms with Gasteiger partial charge in [0.05, 0.1) is 17.5 Å². The molecule has 2 N–H and O–H groups in total. The van der Waals surface area contributed by atoms with E-state index in [0.29, 0.717) is 0 Å². The number of nitrogens with zero attached hydrogens (tertiary/aromatic N) is 3. The summed E-state index contributed by atoms with van der Waals surface area (Å²) in [6.07, 6.45) is 3.02. The molecule has 2 aliphatic rings. The summed E-state index contributed by atoms with van der Waals surface area (Å²) in [5, 5.41) is 0. The van der Waals surface area contributed by atoms with Gasteiger partial charge in [-0.25, -0.2) is 0 Å². The molecule has 180 valence electrons. The van der Waals surface area contributed by atoms with Gasteiger partial charge in [-0.2, -0.15) is 0 Å². The standard InChI is InChI=1S/C25H35ClN4O2S/c1-32-22-5-3-2-4-20(22)18-29-14-16-30(17-15-29)25(31)24(27)19-8-11-28(12-9-19)13-10-21-6-7-23(26)33-21/h2-7,19,24H,8-18,27H2,1H3/t24-/m1/s1. The number of para-hydroxylation sites is 1. The van der Waals surface area contributed by atoms with Crippen molar-refractivity contribution < 1.29 is 9.53 Å². The summed E-state index contributed by atoms with van der Waals surface area (Å²) >= 11 is 7.70. The zero-order valence-electron chi connectivity index (χ0n) is 19.4. The molecule has 0 saturated carbocycles. The van der Waals surface area contributed by atoms with Gasteiger partial charge in [0.15, 0.2) is 0 Å². The van der Waals surface area contributed by atoms with E-state index >= 15 is 0 Å². The van der Waals surface area contributed by atoms with Crippen LogP contribution >= 0.6 is 22.9 Å². The number of hydrogen-bond donors (Lipinski definition) is 1. The van der Waals surface area contributed by atoms with Crippen LogP contribution in [0.15, 0.2) is 36.4 Å². The topological polar surface area (TPSA) is 62.0 Å². The molecule has 0 radical (unpaired) electrons. The number of carbonyl (C=O) groups is 1. The van der Waals surface area contributed by atoms with Crippen molar-refractivity contribution in [2.24, 2.45) is 11.7 Å². The fourth-order valence-electron chi connectivity index (χ4n) is 4.90. The van der Waals surface area contributed by atoms with Crippen molar-refractivity contribution in [2.75, 3.05) is 52.9 Å². The fourth-order valence-corrected chi connectivity index (χ4v) is 5.98. The first kappa shape index (κ1) is 24.5. The van der Waals surface area contributed by atoms with Crippen LogP contribution < -0.4 is 10.5 Å². The SMILES string of the molecule is COc1ccccc1CN1CCN(C(=O)[C@H](N)C2CCN(CCc3ccc(Cl)s3)CC2)CC1. The summed E-state index contributed by atoms with van der Waals surface area (Å²) in [4.78, 5) is 21.3. The molecule has 0 aliphatic carbocycles. The Balaban J connectivity index is 1.19. The summed E-state index contributed by atoms with van der Waals surface area (Å²) in [7, 11) is 1.71. The highest BCUT2D eigenvalue weighted by Gasteiger charge is 2.32. The maximum Gasteiger partial charge on any atom is 0.239 e. The smallest absolute Gasteiger partial charge is 0.239 e. The molecule has 8 heteroatoms. The van der Waals surface area contributed by atoms with E-state index in [1.807, 2.05) is 29.2 Å². The highest BCUT2D eigenvalue weighted by Crippen LogP contribution is 2.25. The second-order valence-electron chi connectivity index (χ2n) is 9.07. The minimum Gasteiger partial charge on any atom is -0.496 e. The van der Waals surface area contributed by atoms with Crippen LogP contribution in [0, 0.1) is 5.92 Å². The zero-order chi connectivity index (χ0) is 23.2. The Morgan fingerprint density at radius 1 is 1.09 bits per heavy atom. The Morgan fingerprint density at radius 3 is 2.48 bits per heavy atom. The van der Waals surface area contributed by atoms with Gasteiger partial charge in [0.1, 0.15) is 5.75 Å². The highest BCUT2D eigenvalue weighted by molar-refractivity contribution is 7.16. The Kier molecular flexibility index (Phi) is 8.66. The van der Waals surface area contributed by atoms with Gasteiger partial charge in [-0.15, -0.1) is 11.3 Å². The predicted octanol–water partition coefficient (Wildman–Crippen LogP) is 3.34. The molecule has 0 unspecified atom stereocenters. The third kappa shape index (κ3) is 6.49. The normalized spacial score (nSPS) is 19.5. The number of ether oxygens (including phenoxy) is 1. The number of piperazine rings is 1. The first-order valence-electron chi connectivity index (χ1n) is 11.9. The Hall–Kier alpha value is -1.64. The summed E-state index contributed by atoms with van der Waals surface area (Å²) in [5.74, 6) is 1.32. The number of nitrogens with two attached hydrogens (primary N) is 1. The van der Waals surface area contributed by atoms with Gasteiger partial charge in [-0.1, -0.05) is 29.8 Å². The van der Waals surface area contributed by atoms with E-state index in [0.717, 1.165) is 81.7 Å². The highest BCUT2D eigenvalue weighted by atomic mass is 35.5. The second-order valence-corrected chi connectivity index (χ2v) is 10.9. The summed E-state index contributed by atoms with van der Waals surface area (Å²) < 4.78 is 6.33. The van der Waals surface area contributed by atoms with Gasteiger partial charge in [-0.3, -0.25) is 9.69 Å². The lowest BCUT2D eigenvalue weighted by molar-refractivity contribution is -0.136. The van der Waals surface area contributed by atoms with Crippen LogP contribution in [0.5, 0.6) is 5.75 Å². The molecule has 1 atom stereocenters. The van der Waals surface area contributed by atoms with Gasteiger partial charge in [0.2, 0.25) is 5.91 Å². The number of methoxy groups -OCH3 is 1. The molecular formula is C25H35ClN4O2S. The van der Waals surface area contributed by atoms with Crippen molar-refractivity contribution in [2.45, 2.75) is 31.8 Å². The Morgan fingerprint density at radius 2 is 1.82 bits per heavy atom. The fraction of sp³-hybridized carbons (Fsp3) is 0.560. The van der Waals surface area contributed by atoms with E-state index in [1.54, 1.807) is 18.4 Å². The summed E-state index contributed by atoms with van der Waals surface area (Å²) in [6.45, 7) is 7.11. The van der Waals surface area contributed by atoms with Crippen LogP contribution in [0.4, 0.5) is 0 Å². The van der Waals surface area contributed by atoms with Crippen LogP contribution in [-0.2, 0) is 17.8 Å². The minimum absolute atomic E-state index is 0.124. The molecule has 1 amide bonds. The number of benzene rings is 1. The van der Waals surface area contributed by atoms with E-state index in [2.05, 4.69) is 21.9 Å². The maximum absolute atomic E-state index is 13.1. The van der Waals surface area contributed by atoms with Gasteiger partial charge in [0.25, 0.3) is 0 Å². The largest absolute Gasteiger partial charge is 0.496 e. The monoisotopic (exact) mass is 490 g/mol. The van der Waals surface area contributed by atoms with Gasteiger partial charge >= 0.3 is 0 Å². The first-order chi connectivity index (χ1) is 16.0. The number of hydrogen-bond acceptors (Lipinski definition) is 6. The van der Waals surface area contributed by atoms with Crippen molar-refractivity contribution in [3.63, 3.8) is 0 Å². The van der Waals surface area contributed by atoms with Gasteiger partial charge in [-0.05, 0) is 56.5 Å². The van der Waals surface area contributed by atoms with Gasteiger partial charge < -0.3 is 20.3 Å². The van der Waals surface area contributed by atoms with Crippen LogP contribution in [0.3, 0.4) is 0 Å². The average Bonchev–Trinajstić information content (AvgIpc) is 3.28.